The van der Waals surface area contributed by atoms with Crippen molar-refractivity contribution < 1.29 is 23.4 Å². The first kappa shape index (κ1) is 25.0. The Balaban J connectivity index is 1.75. The smallest absolute Gasteiger partial charge is 0.227 e. The molecule has 2 aromatic carbocycles. The van der Waals surface area contributed by atoms with Crippen molar-refractivity contribution in [2.45, 2.75) is 19.9 Å². The number of hydrogen-bond acceptors (Lipinski definition) is 6. The number of amides is 1. The van der Waals surface area contributed by atoms with Crippen LogP contribution in [-0.4, -0.2) is 46.2 Å². The average Bonchev–Trinajstić information content (AvgIpc) is 3.49. The van der Waals surface area contributed by atoms with E-state index in [2.05, 4.69) is 18.3 Å². The number of carbonyl (C=O) groups is 1. The fourth-order valence-corrected chi connectivity index (χ4v) is 4.55. The number of hydrogen-bond donors (Lipinski definition) is 1. The summed E-state index contributed by atoms with van der Waals surface area (Å²) in [5.41, 5.74) is 6.86. The molecule has 0 radical (unpaired) electrons. The fraction of sp³-hybridized carbons (Fsp3) is 0.276. The number of methoxy groups -OCH3 is 3. The minimum absolute atomic E-state index is 0.0116. The molecule has 0 fully saturated rings. The van der Waals surface area contributed by atoms with Gasteiger partial charge in [-0.25, -0.2) is 0 Å². The number of nitrogens with zero attached hydrogens (tertiary/aromatic N) is 1. The largest absolute Gasteiger partial charge is 0.497 e. The average molecular weight is 489 g/mol. The normalized spacial score (nSPS) is 13.6. The Hall–Kier alpha value is -4.13. The van der Waals surface area contributed by atoms with E-state index in [1.807, 2.05) is 49.5 Å². The summed E-state index contributed by atoms with van der Waals surface area (Å²) in [7, 11) is 8.54. The molecule has 1 N–H and O–H groups in total. The van der Waals surface area contributed by atoms with Crippen molar-refractivity contribution in [2.24, 2.45) is 0 Å². The lowest BCUT2D eigenvalue weighted by Crippen LogP contribution is -2.26. The van der Waals surface area contributed by atoms with Crippen LogP contribution in [0.3, 0.4) is 0 Å². The van der Waals surface area contributed by atoms with Gasteiger partial charge in [0.1, 0.15) is 28.7 Å². The molecule has 0 saturated carbocycles. The molecule has 188 valence electrons. The van der Waals surface area contributed by atoms with E-state index in [0.717, 1.165) is 50.6 Å². The van der Waals surface area contributed by atoms with Gasteiger partial charge in [-0.3, -0.25) is 4.79 Å². The van der Waals surface area contributed by atoms with Crippen molar-refractivity contribution in [2.75, 3.05) is 40.7 Å². The predicted molar refractivity (Wildman–Crippen MR) is 142 cm³/mol. The molecule has 0 atom stereocenters. The van der Waals surface area contributed by atoms with Crippen LogP contribution >= 0.6 is 0 Å². The number of benzene rings is 2. The standard InChI is InChI=1S/C29H32N2O5/c1-18-23(12-19-13-26(34-5)29(30-2)27(14-19)35-6)22-10-9-20(33-4)15-25(22)24(18)16-28(32)31(3)17-21-8-7-11-36-21/h7-15,30H,16-17H2,1-6H3/b23-12-. The molecular formula is C29H32N2O5. The minimum Gasteiger partial charge on any atom is -0.497 e. The Morgan fingerprint density at radius 1 is 1.03 bits per heavy atom. The van der Waals surface area contributed by atoms with Gasteiger partial charge in [-0.2, -0.15) is 0 Å². The Kier molecular flexibility index (Phi) is 7.38. The van der Waals surface area contributed by atoms with E-state index in [9.17, 15) is 4.79 Å². The highest BCUT2D eigenvalue weighted by Crippen LogP contribution is 2.46. The maximum absolute atomic E-state index is 13.2. The van der Waals surface area contributed by atoms with Gasteiger partial charge in [0, 0.05) is 14.1 Å². The molecule has 36 heavy (non-hydrogen) atoms. The SMILES string of the molecule is CNc1c(OC)cc(/C=C2/C(C)=C(CC(=O)N(C)Cc3ccco3)c3cc(OC)ccc32)cc1OC. The Morgan fingerprint density at radius 3 is 2.33 bits per heavy atom. The number of nitrogens with one attached hydrogen (secondary N) is 1. The van der Waals surface area contributed by atoms with E-state index >= 15 is 0 Å². The molecule has 7 heteroatoms. The summed E-state index contributed by atoms with van der Waals surface area (Å²) < 4.78 is 22.1. The van der Waals surface area contributed by atoms with Gasteiger partial charge in [-0.15, -0.1) is 0 Å². The van der Waals surface area contributed by atoms with Crippen molar-refractivity contribution in [1.82, 2.24) is 4.90 Å². The lowest BCUT2D eigenvalue weighted by molar-refractivity contribution is -0.129. The van der Waals surface area contributed by atoms with E-state index in [0.29, 0.717) is 18.0 Å². The monoisotopic (exact) mass is 488 g/mol. The topological polar surface area (TPSA) is 73.2 Å². The van der Waals surface area contributed by atoms with E-state index in [4.69, 9.17) is 18.6 Å². The van der Waals surface area contributed by atoms with E-state index in [1.54, 1.807) is 39.5 Å². The van der Waals surface area contributed by atoms with Crippen LogP contribution in [0.15, 0.2) is 58.7 Å². The Morgan fingerprint density at radius 2 is 1.75 bits per heavy atom. The third-order valence-electron chi connectivity index (χ3n) is 6.51. The van der Waals surface area contributed by atoms with Crippen molar-refractivity contribution in [1.29, 1.82) is 0 Å². The molecule has 1 aliphatic carbocycles. The summed E-state index contributed by atoms with van der Waals surface area (Å²) in [6.07, 6.45) is 3.99. The molecule has 0 aliphatic heterocycles. The van der Waals surface area contributed by atoms with Gasteiger partial charge in [0.15, 0.2) is 0 Å². The molecule has 0 bridgehead atoms. The van der Waals surface area contributed by atoms with E-state index in [-0.39, 0.29) is 12.3 Å². The summed E-state index contributed by atoms with van der Waals surface area (Å²) in [5.74, 6) is 2.89. The van der Waals surface area contributed by atoms with Crippen LogP contribution in [0, 0.1) is 0 Å². The molecule has 0 unspecified atom stereocenters. The summed E-state index contributed by atoms with van der Waals surface area (Å²) >= 11 is 0. The predicted octanol–water partition coefficient (Wildman–Crippen LogP) is 5.72. The van der Waals surface area contributed by atoms with Crippen molar-refractivity contribution in [3.8, 4) is 17.2 Å². The van der Waals surface area contributed by atoms with Crippen molar-refractivity contribution in [3.63, 3.8) is 0 Å². The lowest BCUT2D eigenvalue weighted by Gasteiger charge is -2.17. The van der Waals surface area contributed by atoms with Crippen LogP contribution in [0.4, 0.5) is 5.69 Å². The second-order valence-electron chi connectivity index (χ2n) is 8.63. The maximum Gasteiger partial charge on any atom is 0.227 e. The van der Waals surface area contributed by atoms with Gasteiger partial charge in [0.05, 0.1) is 40.6 Å². The van der Waals surface area contributed by atoms with Crippen LogP contribution in [0.1, 0.15) is 35.8 Å². The molecule has 3 aromatic rings. The zero-order valence-corrected chi connectivity index (χ0v) is 21.6. The molecule has 1 heterocycles. The number of anilines is 1. The van der Waals surface area contributed by atoms with Gasteiger partial charge in [0.2, 0.25) is 5.91 Å². The maximum atomic E-state index is 13.2. The molecule has 7 nitrogen and oxygen atoms in total. The van der Waals surface area contributed by atoms with Crippen LogP contribution in [0.5, 0.6) is 17.2 Å². The highest BCUT2D eigenvalue weighted by atomic mass is 16.5. The van der Waals surface area contributed by atoms with Crippen molar-refractivity contribution in [3.05, 3.63) is 76.8 Å². The number of allylic oxidation sites excluding steroid dienone is 2. The van der Waals surface area contributed by atoms with Gasteiger partial charge in [0.25, 0.3) is 0 Å². The number of fused-ring (bicyclic) bond motifs is 1. The molecular weight excluding hydrogens is 456 g/mol. The number of carbonyl (C=O) groups excluding carboxylic acids is 1. The summed E-state index contributed by atoms with van der Waals surface area (Å²) in [4.78, 5) is 14.9. The quantitative estimate of drug-likeness (QED) is 0.415. The van der Waals surface area contributed by atoms with Gasteiger partial charge < -0.3 is 28.8 Å². The van der Waals surface area contributed by atoms with Gasteiger partial charge in [-0.1, -0.05) is 6.07 Å². The van der Waals surface area contributed by atoms with E-state index in [1.165, 1.54) is 0 Å². The summed E-state index contributed by atoms with van der Waals surface area (Å²) in [6, 6.07) is 13.6. The molecule has 1 amide bonds. The zero-order chi connectivity index (χ0) is 25.8. The minimum atomic E-state index is 0.0116. The molecule has 0 saturated heterocycles. The zero-order valence-electron chi connectivity index (χ0n) is 21.6. The van der Waals surface area contributed by atoms with Crippen LogP contribution in [-0.2, 0) is 11.3 Å². The second kappa shape index (κ2) is 10.6. The summed E-state index contributed by atoms with van der Waals surface area (Å²) in [5, 5.41) is 3.14. The third kappa shape index (κ3) is 4.82. The molecule has 0 spiro atoms. The number of furan rings is 1. The van der Waals surface area contributed by atoms with E-state index < -0.39 is 0 Å². The highest BCUT2D eigenvalue weighted by Gasteiger charge is 2.27. The lowest BCUT2D eigenvalue weighted by atomic mass is 10.00. The van der Waals surface area contributed by atoms with Crippen LogP contribution in [0.2, 0.25) is 0 Å². The number of ether oxygens (including phenoxy) is 3. The first-order valence-electron chi connectivity index (χ1n) is 11.7. The molecule has 1 aliphatic rings. The number of rotatable bonds is 9. The Bertz CT molecular complexity index is 1300. The Labute approximate surface area is 212 Å². The first-order chi connectivity index (χ1) is 17.4. The molecule has 4 rings (SSSR count). The van der Waals surface area contributed by atoms with Gasteiger partial charge in [-0.05, 0) is 82.8 Å². The second-order valence-corrected chi connectivity index (χ2v) is 8.63. The van der Waals surface area contributed by atoms with Crippen molar-refractivity contribution >= 4 is 28.8 Å². The first-order valence-corrected chi connectivity index (χ1v) is 11.7. The fourth-order valence-electron chi connectivity index (χ4n) is 4.55. The van der Waals surface area contributed by atoms with Crippen LogP contribution in [0.25, 0.3) is 17.2 Å². The highest BCUT2D eigenvalue weighted by molar-refractivity contribution is 6.08. The van der Waals surface area contributed by atoms with Crippen LogP contribution < -0.4 is 19.5 Å². The summed E-state index contributed by atoms with van der Waals surface area (Å²) in [6.45, 7) is 2.48. The molecule has 1 aromatic heterocycles. The van der Waals surface area contributed by atoms with Gasteiger partial charge >= 0.3 is 0 Å². The third-order valence-corrected chi connectivity index (χ3v) is 6.51.